The summed E-state index contributed by atoms with van der Waals surface area (Å²) in [4.78, 5) is 25.6. The fourth-order valence-electron chi connectivity index (χ4n) is 4.39. The molecule has 1 saturated carbocycles. The second kappa shape index (κ2) is 14.1. The van der Waals surface area contributed by atoms with Gasteiger partial charge in [-0.1, -0.05) is 30.7 Å². The summed E-state index contributed by atoms with van der Waals surface area (Å²) in [5.74, 6) is 0.905. The first kappa shape index (κ1) is 27.9. The molecule has 3 aromatic rings. The fourth-order valence-corrected chi connectivity index (χ4v) is 4.39. The van der Waals surface area contributed by atoms with Gasteiger partial charge in [0.1, 0.15) is 17.2 Å². The fraction of sp³-hybridized carbons (Fsp3) is 0.273. The van der Waals surface area contributed by atoms with Gasteiger partial charge in [-0.05, 0) is 110 Å². The van der Waals surface area contributed by atoms with Gasteiger partial charge in [0.05, 0.1) is 12.2 Å². The molecular formula is C33H34O6. The second-order valence-corrected chi connectivity index (χ2v) is 9.58. The molecule has 0 spiro atoms. The van der Waals surface area contributed by atoms with Gasteiger partial charge in [0.25, 0.3) is 0 Å². The Morgan fingerprint density at radius 3 is 1.92 bits per heavy atom. The maximum Gasteiger partial charge on any atom is 0.343 e. The third kappa shape index (κ3) is 8.42. The van der Waals surface area contributed by atoms with Crippen LogP contribution in [-0.2, 0) is 4.79 Å². The Morgan fingerprint density at radius 2 is 1.31 bits per heavy atom. The number of allylic oxidation sites excluding steroid dienone is 2. The molecule has 0 heterocycles. The van der Waals surface area contributed by atoms with Crippen LogP contribution in [0.3, 0.4) is 0 Å². The molecule has 2 N–H and O–H groups in total. The lowest BCUT2D eigenvalue weighted by Crippen LogP contribution is -2.12. The molecular weight excluding hydrogens is 492 g/mol. The van der Waals surface area contributed by atoms with E-state index in [1.54, 1.807) is 60.7 Å². The Balaban J connectivity index is 1.31. The summed E-state index contributed by atoms with van der Waals surface area (Å²) in [6.45, 7) is 0.823. The van der Waals surface area contributed by atoms with Crippen molar-refractivity contribution >= 4 is 23.9 Å². The molecule has 0 amide bonds. The summed E-state index contributed by atoms with van der Waals surface area (Å²) in [5, 5.41) is 18.3. The van der Waals surface area contributed by atoms with E-state index in [0.29, 0.717) is 30.1 Å². The molecule has 1 aliphatic carbocycles. The molecule has 0 bridgehead atoms. The van der Waals surface area contributed by atoms with Gasteiger partial charge in [-0.15, -0.1) is 0 Å². The van der Waals surface area contributed by atoms with Crippen molar-refractivity contribution in [3.05, 3.63) is 101 Å². The molecule has 6 heteroatoms. The molecule has 4 rings (SSSR count). The van der Waals surface area contributed by atoms with E-state index in [9.17, 15) is 14.7 Å². The third-order valence-corrected chi connectivity index (χ3v) is 6.55. The van der Waals surface area contributed by atoms with Crippen LogP contribution in [0, 0.1) is 0 Å². The topological polar surface area (TPSA) is 93.1 Å². The number of ether oxygens (including phenoxy) is 2. The molecule has 1 aliphatic rings. The van der Waals surface area contributed by atoms with Crippen LogP contribution in [0.5, 0.6) is 17.2 Å². The normalized spacial score (nSPS) is 15.5. The number of aromatic hydroxyl groups is 1. The summed E-state index contributed by atoms with van der Waals surface area (Å²) in [7, 11) is 0. The lowest BCUT2D eigenvalue weighted by atomic mass is 9.87. The number of carbonyl (C=O) groups is 2. The monoisotopic (exact) mass is 526 g/mol. The minimum absolute atomic E-state index is 0.0407. The van der Waals surface area contributed by atoms with Gasteiger partial charge >= 0.3 is 5.97 Å². The van der Waals surface area contributed by atoms with Crippen LogP contribution in [0.1, 0.15) is 66.4 Å². The number of phenols is 1. The average Bonchev–Trinajstić information content (AvgIpc) is 2.95. The number of benzene rings is 3. The van der Waals surface area contributed by atoms with Gasteiger partial charge in [0, 0.05) is 17.8 Å². The van der Waals surface area contributed by atoms with Crippen molar-refractivity contribution in [2.75, 3.05) is 13.2 Å². The lowest BCUT2D eigenvalue weighted by molar-refractivity contribution is -0.112. The van der Waals surface area contributed by atoms with Gasteiger partial charge in [0.2, 0.25) is 0 Å². The van der Waals surface area contributed by atoms with Gasteiger partial charge in [-0.25, -0.2) is 4.79 Å². The molecule has 3 aromatic carbocycles. The van der Waals surface area contributed by atoms with Crippen molar-refractivity contribution in [2.24, 2.45) is 0 Å². The van der Waals surface area contributed by atoms with Crippen LogP contribution in [0.25, 0.3) is 12.2 Å². The molecule has 0 aromatic heterocycles. The Morgan fingerprint density at radius 1 is 0.744 bits per heavy atom. The van der Waals surface area contributed by atoms with E-state index in [0.717, 1.165) is 60.8 Å². The average molecular weight is 527 g/mol. The number of esters is 1. The SMILES string of the molecule is O=C1/C(=C/c2ccc(O)cc2)CCC/C1=C\c1ccc(OC(=O)c2ccc(OCCCCCCO)cc2)cc1. The number of hydrogen-bond acceptors (Lipinski definition) is 6. The first-order valence-corrected chi connectivity index (χ1v) is 13.4. The van der Waals surface area contributed by atoms with Crippen LogP contribution in [0.4, 0.5) is 0 Å². The Hall–Kier alpha value is -4.16. The number of phenolic OH excluding ortho intramolecular Hbond substituents is 1. The van der Waals surface area contributed by atoms with Crippen molar-refractivity contribution < 1.29 is 29.3 Å². The lowest BCUT2D eigenvalue weighted by Gasteiger charge is -2.16. The minimum atomic E-state index is -0.455. The number of unbranched alkanes of at least 4 members (excludes halogenated alkanes) is 3. The van der Waals surface area contributed by atoms with E-state index >= 15 is 0 Å². The predicted octanol–water partition coefficient (Wildman–Crippen LogP) is 6.76. The van der Waals surface area contributed by atoms with Crippen LogP contribution >= 0.6 is 0 Å². The zero-order valence-corrected chi connectivity index (χ0v) is 22.0. The summed E-state index contributed by atoms with van der Waals surface area (Å²) in [5.41, 5.74) is 3.69. The summed E-state index contributed by atoms with van der Waals surface area (Å²) in [6, 6.07) is 20.8. The van der Waals surface area contributed by atoms with E-state index in [2.05, 4.69) is 0 Å². The molecule has 0 atom stereocenters. The maximum atomic E-state index is 13.0. The number of Topliss-reactive ketones (excluding diaryl/α,β-unsaturated/α-hetero) is 1. The highest BCUT2D eigenvalue weighted by Crippen LogP contribution is 2.29. The molecule has 1 fully saturated rings. The quantitative estimate of drug-likeness (QED) is 0.124. The standard InChI is InChI=1S/C33H34O6/c34-20-3-1-2-4-21-38-30-18-12-26(13-19-30)33(37)39-31-16-10-25(11-17-31)23-28-7-5-6-27(32(28)36)22-24-8-14-29(35)15-9-24/h8-19,22-23,34-35H,1-7,20-21H2/b27-22+,28-23+. The van der Waals surface area contributed by atoms with Crippen LogP contribution in [0.2, 0.25) is 0 Å². The van der Waals surface area contributed by atoms with Crippen molar-refractivity contribution in [1.29, 1.82) is 0 Å². The number of aliphatic hydroxyl groups is 1. The first-order chi connectivity index (χ1) is 19.0. The number of rotatable bonds is 11. The number of ketones is 1. The number of aliphatic hydroxyl groups excluding tert-OH is 1. The minimum Gasteiger partial charge on any atom is -0.508 e. The molecule has 202 valence electrons. The van der Waals surface area contributed by atoms with Gasteiger partial charge < -0.3 is 19.7 Å². The molecule has 6 nitrogen and oxygen atoms in total. The summed E-state index contributed by atoms with van der Waals surface area (Å²) in [6.07, 6.45) is 9.85. The van der Waals surface area contributed by atoms with Gasteiger partial charge in [-0.3, -0.25) is 4.79 Å². The molecule has 0 saturated heterocycles. The predicted molar refractivity (Wildman–Crippen MR) is 152 cm³/mol. The first-order valence-electron chi connectivity index (χ1n) is 13.4. The number of hydrogen-bond donors (Lipinski definition) is 2. The van der Waals surface area contributed by atoms with Crippen LogP contribution in [0.15, 0.2) is 83.9 Å². The van der Waals surface area contributed by atoms with Crippen molar-refractivity contribution in [2.45, 2.75) is 44.9 Å². The van der Waals surface area contributed by atoms with Crippen molar-refractivity contribution in [1.82, 2.24) is 0 Å². The van der Waals surface area contributed by atoms with Crippen LogP contribution in [-0.4, -0.2) is 35.2 Å². The molecule has 0 aliphatic heterocycles. The highest BCUT2D eigenvalue weighted by molar-refractivity contribution is 6.14. The van der Waals surface area contributed by atoms with E-state index in [1.165, 1.54) is 0 Å². The van der Waals surface area contributed by atoms with E-state index in [-0.39, 0.29) is 18.1 Å². The van der Waals surface area contributed by atoms with Gasteiger partial charge in [-0.2, -0.15) is 0 Å². The Kier molecular flexibility index (Phi) is 10.1. The van der Waals surface area contributed by atoms with Crippen molar-refractivity contribution in [3.8, 4) is 17.2 Å². The maximum absolute atomic E-state index is 13.0. The summed E-state index contributed by atoms with van der Waals surface area (Å²) < 4.78 is 11.2. The second-order valence-electron chi connectivity index (χ2n) is 9.58. The zero-order chi connectivity index (χ0) is 27.5. The van der Waals surface area contributed by atoms with E-state index in [1.807, 2.05) is 24.3 Å². The Labute approximate surface area is 229 Å². The third-order valence-electron chi connectivity index (χ3n) is 6.55. The zero-order valence-electron chi connectivity index (χ0n) is 22.0. The Bertz CT molecular complexity index is 1300. The largest absolute Gasteiger partial charge is 0.508 e. The van der Waals surface area contributed by atoms with Crippen LogP contribution < -0.4 is 9.47 Å². The van der Waals surface area contributed by atoms with E-state index < -0.39 is 5.97 Å². The molecule has 0 radical (unpaired) electrons. The van der Waals surface area contributed by atoms with Crippen molar-refractivity contribution in [3.63, 3.8) is 0 Å². The van der Waals surface area contributed by atoms with E-state index in [4.69, 9.17) is 14.6 Å². The van der Waals surface area contributed by atoms with Gasteiger partial charge in [0.15, 0.2) is 5.78 Å². The highest BCUT2D eigenvalue weighted by Gasteiger charge is 2.20. The molecule has 0 unspecified atom stereocenters. The highest BCUT2D eigenvalue weighted by atomic mass is 16.5. The smallest absolute Gasteiger partial charge is 0.343 e. The number of carbonyl (C=O) groups excluding carboxylic acids is 2. The summed E-state index contributed by atoms with van der Waals surface area (Å²) >= 11 is 0. The molecule has 39 heavy (non-hydrogen) atoms.